The number of aliphatic hydroxyl groups excluding tert-OH is 1. The highest BCUT2D eigenvalue weighted by atomic mass is 35.5. The summed E-state index contributed by atoms with van der Waals surface area (Å²) in [7, 11) is 0. The number of aliphatic imine (C=N–C) groups is 1. The first-order chi connectivity index (χ1) is 12.6. The molecule has 0 fully saturated rings. The summed E-state index contributed by atoms with van der Waals surface area (Å²) in [6.45, 7) is 2.16. The maximum absolute atomic E-state index is 14.0. The van der Waals surface area contributed by atoms with Crippen LogP contribution in [-0.4, -0.2) is 17.6 Å². The molecule has 2 aliphatic heterocycles. The number of benzene rings is 2. The van der Waals surface area contributed by atoms with E-state index < -0.39 is 5.82 Å². The summed E-state index contributed by atoms with van der Waals surface area (Å²) in [5.74, 6) is 0.430. The van der Waals surface area contributed by atoms with Crippen molar-refractivity contribution < 1.29 is 9.50 Å². The normalized spacial score (nSPS) is 16.9. The average Bonchev–Trinajstić information content (AvgIpc) is 2.98. The van der Waals surface area contributed by atoms with Crippen LogP contribution in [-0.2, 0) is 6.61 Å². The third-order valence-corrected chi connectivity index (χ3v) is 4.88. The number of nitrogens with zero attached hydrogens (tertiary/aromatic N) is 3. The number of halogens is 2. The molecule has 2 aliphatic rings. The molecule has 0 unspecified atom stereocenters. The van der Waals surface area contributed by atoms with E-state index in [4.69, 9.17) is 16.6 Å². The van der Waals surface area contributed by atoms with E-state index in [2.05, 4.69) is 4.90 Å². The predicted octanol–water partition coefficient (Wildman–Crippen LogP) is 4.20. The van der Waals surface area contributed by atoms with E-state index in [1.807, 2.05) is 48.4 Å². The van der Waals surface area contributed by atoms with Crippen LogP contribution < -0.4 is 9.80 Å². The number of allylic oxidation sites excluding steroid dienone is 1. The Morgan fingerprint density at radius 3 is 2.73 bits per heavy atom. The summed E-state index contributed by atoms with van der Waals surface area (Å²) in [5, 5.41) is 10.2. The van der Waals surface area contributed by atoms with Gasteiger partial charge in [0.1, 0.15) is 11.5 Å². The fraction of sp³-hybridized carbons (Fsp3) is 0.150. The van der Waals surface area contributed by atoms with Crippen LogP contribution in [0.25, 0.3) is 5.70 Å². The van der Waals surface area contributed by atoms with Crippen LogP contribution in [0.1, 0.15) is 18.1 Å². The Kier molecular flexibility index (Phi) is 4.36. The van der Waals surface area contributed by atoms with Crippen molar-refractivity contribution >= 4 is 28.8 Å². The van der Waals surface area contributed by atoms with Gasteiger partial charge in [-0.2, -0.15) is 4.99 Å². The molecule has 0 spiro atoms. The first-order valence-electron chi connectivity index (χ1n) is 8.24. The molecule has 0 aromatic heterocycles. The molecule has 0 bridgehead atoms. The van der Waals surface area contributed by atoms with Gasteiger partial charge in [-0.3, -0.25) is 4.90 Å². The third kappa shape index (κ3) is 2.84. The van der Waals surface area contributed by atoms with E-state index in [1.165, 1.54) is 6.07 Å². The SMILES string of the molecule is CC1=C(c2ccc(Cl)cc2)N=C2C=CN(c3cccc(F)c3CO)C[N+]21. The van der Waals surface area contributed by atoms with Crippen LogP contribution in [0.3, 0.4) is 0 Å². The van der Waals surface area contributed by atoms with Crippen LogP contribution >= 0.6 is 11.6 Å². The minimum Gasteiger partial charge on any atom is -0.391 e. The summed E-state index contributed by atoms with van der Waals surface area (Å²) in [5.41, 5.74) is 3.84. The van der Waals surface area contributed by atoms with Crippen LogP contribution in [0.5, 0.6) is 0 Å². The molecule has 1 radical (unpaired) electrons. The van der Waals surface area contributed by atoms with E-state index in [0.29, 0.717) is 17.4 Å². The molecule has 131 valence electrons. The molecule has 4 nitrogen and oxygen atoms in total. The highest BCUT2D eigenvalue weighted by molar-refractivity contribution is 6.30. The van der Waals surface area contributed by atoms with Crippen molar-refractivity contribution in [2.24, 2.45) is 4.99 Å². The zero-order valence-corrected chi connectivity index (χ0v) is 14.9. The first-order valence-corrected chi connectivity index (χ1v) is 8.62. The molecule has 2 aromatic carbocycles. The van der Waals surface area contributed by atoms with Gasteiger partial charge in [-0.05, 0) is 24.3 Å². The van der Waals surface area contributed by atoms with Gasteiger partial charge in [-0.15, -0.1) is 0 Å². The van der Waals surface area contributed by atoms with Crippen LogP contribution in [0.15, 0.2) is 65.4 Å². The molecule has 4 rings (SSSR count). The van der Waals surface area contributed by atoms with Crippen LogP contribution in [0.4, 0.5) is 10.1 Å². The van der Waals surface area contributed by atoms with Gasteiger partial charge in [-0.1, -0.05) is 34.7 Å². The van der Waals surface area contributed by atoms with Crippen LogP contribution in [0.2, 0.25) is 5.02 Å². The molecule has 0 aliphatic carbocycles. The number of amidine groups is 1. The maximum Gasteiger partial charge on any atom is 0.285 e. The molecule has 1 N–H and O–H groups in total. The van der Waals surface area contributed by atoms with E-state index >= 15 is 0 Å². The summed E-state index contributed by atoms with van der Waals surface area (Å²) >= 11 is 5.97. The van der Waals surface area contributed by atoms with Crippen molar-refractivity contribution in [1.29, 1.82) is 0 Å². The largest absolute Gasteiger partial charge is 0.391 e. The molecular weight excluding hydrogens is 353 g/mol. The van der Waals surface area contributed by atoms with Gasteiger partial charge in [0, 0.05) is 35.3 Å². The van der Waals surface area contributed by atoms with E-state index in [1.54, 1.807) is 12.1 Å². The van der Waals surface area contributed by atoms with Gasteiger partial charge in [0.25, 0.3) is 5.84 Å². The quantitative estimate of drug-likeness (QED) is 0.824. The van der Waals surface area contributed by atoms with Crippen molar-refractivity contribution in [3.63, 3.8) is 0 Å². The third-order valence-electron chi connectivity index (χ3n) is 4.63. The topological polar surface area (TPSA) is 41.7 Å². The van der Waals surface area contributed by atoms with E-state index in [9.17, 15) is 9.50 Å². The standard InChI is InChI=1S/C20H17ClFN3O/c1-13-20(14-5-7-15(21)8-6-14)23-19-9-10-24(12-25(13)19)18-4-2-3-17(22)16(18)11-26/h2-10,26H,11-12H2,1H3/q+1. The predicted molar refractivity (Wildman–Crippen MR) is 102 cm³/mol. The fourth-order valence-corrected chi connectivity index (χ4v) is 3.35. The second-order valence-corrected chi connectivity index (χ2v) is 6.60. The lowest BCUT2D eigenvalue weighted by Crippen LogP contribution is -2.44. The maximum atomic E-state index is 14.0. The Bertz CT molecular complexity index is 950. The smallest absolute Gasteiger partial charge is 0.285 e. The van der Waals surface area contributed by atoms with Crippen molar-refractivity contribution in [2.45, 2.75) is 13.5 Å². The fourth-order valence-electron chi connectivity index (χ4n) is 3.23. The number of fused-ring (bicyclic) bond motifs is 1. The molecule has 6 heteroatoms. The lowest BCUT2D eigenvalue weighted by Gasteiger charge is -2.25. The van der Waals surface area contributed by atoms with Gasteiger partial charge in [0.15, 0.2) is 5.70 Å². The van der Waals surface area contributed by atoms with E-state index in [0.717, 1.165) is 22.8 Å². The van der Waals surface area contributed by atoms with Gasteiger partial charge in [0.2, 0.25) is 6.67 Å². The Morgan fingerprint density at radius 1 is 1.23 bits per heavy atom. The number of rotatable bonds is 3. The summed E-state index contributed by atoms with van der Waals surface area (Å²) in [6.07, 6.45) is 3.75. The molecule has 2 heterocycles. The number of hydrogen-bond donors (Lipinski definition) is 1. The van der Waals surface area contributed by atoms with Crippen molar-refractivity contribution in [1.82, 2.24) is 4.90 Å². The molecule has 26 heavy (non-hydrogen) atoms. The van der Waals surface area contributed by atoms with Crippen molar-refractivity contribution in [3.05, 3.63) is 82.4 Å². The van der Waals surface area contributed by atoms with Gasteiger partial charge in [-0.25, -0.2) is 4.39 Å². The monoisotopic (exact) mass is 369 g/mol. The summed E-state index contributed by atoms with van der Waals surface area (Å²) in [6, 6.07) is 12.4. The number of aliphatic hydroxyl groups is 1. The summed E-state index contributed by atoms with van der Waals surface area (Å²) < 4.78 is 14.0. The molecule has 0 amide bonds. The Balaban J connectivity index is 1.68. The Hall–Kier alpha value is -2.47. The average molecular weight is 370 g/mol. The molecule has 0 saturated heterocycles. The summed E-state index contributed by atoms with van der Waals surface area (Å²) in [4.78, 5) is 8.69. The zero-order valence-electron chi connectivity index (χ0n) is 14.2. The van der Waals surface area contributed by atoms with Gasteiger partial charge < -0.3 is 5.11 Å². The Morgan fingerprint density at radius 2 is 2.00 bits per heavy atom. The molecule has 2 aromatic rings. The van der Waals surface area contributed by atoms with Gasteiger partial charge >= 0.3 is 0 Å². The van der Waals surface area contributed by atoms with Crippen molar-refractivity contribution in [3.8, 4) is 0 Å². The van der Waals surface area contributed by atoms with Crippen molar-refractivity contribution in [2.75, 3.05) is 11.6 Å². The highest BCUT2D eigenvalue weighted by Gasteiger charge is 2.39. The highest BCUT2D eigenvalue weighted by Crippen LogP contribution is 2.32. The minimum atomic E-state index is -0.409. The molecule has 0 atom stereocenters. The molecular formula is C20H17ClFN3O+. The van der Waals surface area contributed by atoms with E-state index in [-0.39, 0.29) is 12.2 Å². The second-order valence-electron chi connectivity index (χ2n) is 6.16. The zero-order chi connectivity index (χ0) is 18.3. The lowest BCUT2D eigenvalue weighted by molar-refractivity contribution is 0.276. The number of anilines is 1. The second kappa shape index (κ2) is 6.68. The van der Waals surface area contributed by atoms with Crippen LogP contribution in [0, 0.1) is 5.82 Å². The number of hydrogen-bond acceptors (Lipinski definition) is 4. The first kappa shape index (κ1) is 17.0. The van der Waals surface area contributed by atoms with Gasteiger partial charge in [0.05, 0.1) is 12.3 Å². The Labute approximate surface area is 156 Å². The minimum absolute atomic E-state index is 0.288. The lowest BCUT2D eigenvalue weighted by atomic mass is 10.1. The molecule has 0 saturated carbocycles.